The van der Waals surface area contributed by atoms with Crippen LogP contribution < -0.4 is 10.6 Å². The molecule has 11 nitrogen and oxygen atoms in total. The van der Waals surface area contributed by atoms with Gasteiger partial charge in [0.2, 0.25) is 11.8 Å². The van der Waals surface area contributed by atoms with Crippen molar-refractivity contribution >= 4 is 35.5 Å². The van der Waals surface area contributed by atoms with E-state index in [1.807, 2.05) is 6.92 Å². The molecule has 0 aromatic carbocycles. The number of nitrogens with one attached hydrogen (secondary N) is 2. The number of rotatable bonds is 22. The molecule has 0 fully saturated rings. The number of carbonyl (C=O) groups is 6. The van der Waals surface area contributed by atoms with Gasteiger partial charge < -0.3 is 26.0 Å². The van der Waals surface area contributed by atoms with Gasteiger partial charge in [-0.25, -0.2) is 0 Å². The summed E-state index contributed by atoms with van der Waals surface area (Å²) in [5.41, 5.74) is 0. The first-order valence-corrected chi connectivity index (χ1v) is 12.3. The largest absolute Gasteiger partial charge is 0.481 e. The Morgan fingerprint density at radius 2 is 1.14 bits per heavy atom. The fraction of sp³-hybridized carbons (Fsp3) is 0.750. The molecule has 0 spiro atoms. The average Bonchev–Trinajstić information content (AvgIpc) is 2.77. The van der Waals surface area contributed by atoms with Crippen LogP contribution in [0.1, 0.15) is 90.4 Å². The monoisotopic (exact) mass is 500 g/mol. The van der Waals surface area contributed by atoms with Gasteiger partial charge in [0, 0.05) is 45.2 Å². The van der Waals surface area contributed by atoms with Crippen LogP contribution in [0.4, 0.5) is 0 Å². The van der Waals surface area contributed by atoms with Gasteiger partial charge in [0.25, 0.3) is 0 Å². The molecule has 0 saturated heterocycles. The molecule has 0 aromatic heterocycles. The molecule has 0 bridgehead atoms. The zero-order valence-corrected chi connectivity index (χ0v) is 20.6. The van der Waals surface area contributed by atoms with E-state index in [2.05, 4.69) is 10.6 Å². The van der Waals surface area contributed by atoms with E-state index in [0.29, 0.717) is 38.8 Å². The van der Waals surface area contributed by atoms with Gasteiger partial charge in [-0.2, -0.15) is 0 Å². The van der Waals surface area contributed by atoms with E-state index in [1.165, 1.54) is 0 Å². The Balaban J connectivity index is 4.08. The van der Waals surface area contributed by atoms with Crippen molar-refractivity contribution in [3.63, 3.8) is 0 Å². The van der Waals surface area contributed by atoms with Crippen LogP contribution in [-0.4, -0.2) is 63.9 Å². The Bertz CT molecular complexity index is 709. The molecule has 2 amide bonds. The van der Waals surface area contributed by atoms with Gasteiger partial charge >= 0.3 is 17.9 Å². The molecule has 0 aromatic rings. The highest BCUT2D eigenvalue weighted by Gasteiger charge is 2.26. The zero-order chi connectivity index (χ0) is 26.6. The lowest BCUT2D eigenvalue weighted by Gasteiger charge is -2.14. The highest BCUT2D eigenvalue weighted by atomic mass is 16.4. The van der Waals surface area contributed by atoms with Crippen LogP contribution >= 0.6 is 0 Å². The Labute approximate surface area is 206 Å². The van der Waals surface area contributed by atoms with E-state index in [0.717, 1.165) is 25.7 Å². The van der Waals surface area contributed by atoms with Crippen molar-refractivity contribution in [3.05, 3.63) is 0 Å². The Morgan fingerprint density at radius 3 is 1.63 bits per heavy atom. The summed E-state index contributed by atoms with van der Waals surface area (Å²) < 4.78 is 0. The molecular weight excluding hydrogens is 460 g/mol. The standard InChI is InChI=1S/C24H40N2O9/c1-2-25-20(28)10-5-3-4-6-11-21(29)26-14-8-7-9-17(23(32)33)15-19(27)16-18(24(34)35)12-13-22(30)31/h17-18H,2-16H2,1H3,(H,25,28)(H,26,29)(H,30,31)(H,32,33)(H,34,35)/t17-,18-/m1/s1. The lowest BCUT2D eigenvalue weighted by molar-refractivity contribution is -0.146. The summed E-state index contributed by atoms with van der Waals surface area (Å²) in [5.74, 6) is -6.24. The number of hydrogen-bond acceptors (Lipinski definition) is 6. The van der Waals surface area contributed by atoms with Crippen LogP contribution in [0.5, 0.6) is 0 Å². The van der Waals surface area contributed by atoms with E-state index in [1.54, 1.807) is 0 Å². The van der Waals surface area contributed by atoms with E-state index in [4.69, 9.17) is 10.2 Å². The van der Waals surface area contributed by atoms with E-state index in [-0.39, 0.29) is 37.5 Å². The predicted molar refractivity (Wildman–Crippen MR) is 127 cm³/mol. The lowest BCUT2D eigenvalue weighted by atomic mass is 9.90. The third-order valence-corrected chi connectivity index (χ3v) is 5.59. The smallest absolute Gasteiger partial charge is 0.306 e. The quantitative estimate of drug-likeness (QED) is 0.139. The number of carboxylic acids is 3. The molecule has 0 saturated carbocycles. The summed E-state index contributed by atoms with van der Waals surface area (Å²) in [4.78, 5) is 68.7. The van der Waals surface area contributed by atoms with Crippen molar-refractivity contribution in [2.75, 3.05) is 13.1 Å². The normalized spacial score (nSPS) is 12.4. The minimum absolute atomic E-state index is 0.0416. The summed E-state index contributed by atoms with van der Waals surface area (Å²) in [6, 6.07) is 0. The molecule has 0 heterocycles. The van der Waals surface area contributed by atoms with Crippen LogP contribution in [-0.2, 0) is 28.8 Å². The molecule has 11 heteroatoms. The highest BCUT2D eigenvalue weighted by molar-refractivity contribution is 5.87. The predicted octanol–water partition coefficient (Wildman–Crippen LogP) is 2.37. The van der Waals surface area contributed by atoms with Crippen LogP contribution in [0.3, 0.4) is 0 Å². The van der Waals surface area contributed by atoms with Crippen LogP contribution in [0, 0.1) is 11.8 Å². The van der Waals surface area contributed by atoms with Crippen LogP contribution in [0.15, 0.2) is 0 Å². The maximum Gasteiger partial charge on any atom is 0.306 e. The molecule has 0 aliphatic heterocycles. The summed E-state index contributed by atoms with van der Waals surface area (Å²) in [6.07, 6.45) is 4.12. The number of Topliss-reactive ketones (excluding diaryl/α,β-unsaturated/α-hetero) is 1. The first-order chi connectivity index (χ1) is 16.6. The summed E-state index contributed by atoms with van der Waals surface area (Å²) in [6.45, 7) is 2.89. The SMILES string of the molecule is CCNC(=O)CCCCCCC(=O)NCCCC[C@H](CC(=O)C[C@@H](CCC(=O)O)C(=O)O)C(=O)O. The Hall–Kier alpha value is -2.98. The number of carbonyl (C=O) groups excluding carboxylic acids is 3. The van der Waals surface area contributed by atoms with E-state index < -0.39 is 41.9 Å². The van der Waals surface area contributed by atoms with E-state index in [9.17, 15) is 33.9 Å². The number of carboxylic acid groups (broad SMARTS) is 3. The molecule has 0 radical (unpaired) electrons. The topological polar surface area (TPSA) is 187 Å². The van der Waals surface area contributed by atoms with Crippen molar-refractivity contribution in [1.82, 2.24) is 10.6 Å². The van der Waals surface area contributed by atoms with Crippen molar-refractivity contribution in [2.24, 2.45) is 11.8 Å². The molecule has 5 N–H and O–H groups in total. The van der Waals surface area contributed by atoms with Gasteiger partial charge in [0.15, 0.2) is 0 Å². The number of amides is 2. The number of hydrogen-bond donors (Lipinski definition) is 5. The minimum Gasteiger partial charge on any atom is -0.481 e. The molecule has 2 atom stereocenters. The van der Waals surface area contributed by atoms with Crippen LogP contribution in [0.25, 0.3) is 0 Å². The second-order valence-corrected chi connectivity index (χ2v) is 8.66. The molecular formula is C24H40N2O9. The second kappa shape index (κ2) is 19.3. The summed E-state index contributed by atoms with van der Waals surface area (Å²) in [5, 5.41) is 32.7. The van der Waals surface area contributed by atoms with Crippen LogP contribution in [0.2, 0.25) is 0 Å². The first-order valence-electron chi connectivity index (χ1n) is 12.3. The second-order valence-electron chi connectivity index (χ2n) is 8.66. The maximum atomic E-state index is 12.2. The molecule has 0 aliphatic carbocycles. The molecule has 0 unspecified atom stereocenters. The van der Waals surface area contributed by atoms with Crippen molar-refractivity contribution in [1.29, 1.82) is 0 Å². The average molecular weight is 501 g/mol. The Morgan fingerprint density at radius 1 is 0.629 bits per heavy atom. The van der Waals surface area contributed by atoms with Crippen molar-refractivity contribution in [3.8, 4) is 0 Å². The fourth-order valence-electron chi connectivity index (χ4n) is 3.60. The molecule has 0 aliphatic rings. The molecule has 35 heavy (non-hydrogen) atoms. The summed E-state index contributed by atoms with van der Waals surface area (Å²) >= 11 is 0. The third-order valence-electron chi connectivity index (χ3n) is 5.59. The van der Waals surface area contributed by atoms with Gasteiger partial charge in [0.05, 0.1) is 11.8 Å². The maximum absolute atomic E-state index is 12.2. The fourth-order valence-corrected chi connectivity index (χ4v) is 3.60. The van der Waals surface area contributed by atoms with Crippen molar-refractivity contribution < 1.29 is 44.1 Å². The lowest BCUT2D eigenvalue weighted by Crippen LogP contribution is -2.25. The summed E-state index contributed by atoms with van der Waals surface area (Å²) in [7, 11) is 0. The van der Waals surface area contributed by atoms with Gasteiger partial charge in [-0.3, -0.25) is 28.8 Å². The first kappa shape index (κ1) is 32.0. The van der Waals surface area contributed by atoms with Gasteiger partial charge in [0.1, 0.15) is 5.78 Å². The number of ketones is 1. The van der Waals surface area contributed by atoms with Gasteiger partial charge in [-0.1, -0.05) is 19.3 Å². The Kier molecular flexibility index (Phi) is 17.7. The van der Waals surface area contributed by atoms with Gasteiger partial charge in [-0.15, -0.1) is 0 Å². The van der Waals surface area contributed by atoms with Gasteiger partial charge in [-0.05, 0) is 39.0 Å². The zero-order valence-electron chi connectivity index (χ0n) is 20.6. The molecule has 0 rings (SSSR count). The van der Waals surface area contributed by atoms with E-state index >= 15 is 0 Å². The number of aliphatic carboxylic acids is 3. The third kappa shape index (κ3) is 18.1. The highest BCUT2D eigenvalue weighted by Crippen LogP contribution is 2.19. The minimum atomic E-state index is -1.28. The number of unbranched alkanes of at least 4 members (excludes halogenated alkanes) is 4. The molecule has 200 valence electrons. The van der Waals surface area contributed by atoms with Crippen molar-refractivity contribution in [2.45, 2.75) is 90.4 Å².